The summed E-state index contributed by atoms with van der Waals surface area (Å²) < 4.78 is 64.7. The Balaban J connectivity index is 1.04. The monoisotopic (exact) mass is 1090 g/mol. The van der Waals surface area contributed by atoms with Crippen LogP contribution >= 0.6 is 34.5 Å². The van der Waals surface area contributed by atoms with Crippen molar-refractivity contribution in [1.29, 1.82) is 0 Å². The molecule has 0 amide bonds. The fraction of sp³-hybridized carbons (Fsp3) is 0.393. The van der Waals surface area contributed by atoms with Gasteiger partial charge in [0.2, 0.25) is 17.9 Å². The van der Waals surface area contributed by atoms with Gasteiger partial charge in [-0.15, -0.1) is 11.3 Å². The van der Waals surface area contributed by atoms with E-state index in [0.29, 0.717) is 127 Å². The first-order valence-electron chi connectivity index (χ1n) is 25.1. The second kappa shape index (κ2) is 23.2. The lowest BCUT2D eigenvalue weighted by molar-refractivity contribution is -0.163. The van der Waals surface area contributed by atoms with Crippen molar-refractivity contribution >= 4 is 50.7 Å². The molecule has 0 spiro atoms. The van der Waals surface area contributed by atoms with Crippen LogP contribution in [0.3, 0.4) is 0 Å². The highest BCUT2D eigenvalue weighted by molar-refractivity contribution is 7.22. The summed E-state index contributed by atoms with van der Waals surface area (Å²) in [5.41, 5.74) is 4.33. The Morgan fingerprint density at radius 1 is 0.855 bits per heavy atom. The molecule has 0 aliphatic carbocycles. The highest BCUT2D eigenvalue weighted by atomic mass is 35.5. The van der Waals surface area contributed by atoms with Crippen LogP contribution in [0.2, 0.25) is 10.0 Å². The SMILES string of the molecule is Cc1c(Cl)c2c(Cl)c(C)c1-c1c(-c3ccc(F)cc3)sc3ncnc(c13)O[C@@H](C(=O)OC(C)(C)C)Cc1cc(ccc1OCc1ccnc(-c3ccc(OC[C@H]4COCCO4)nc3)n1)OC[C@@H](CN1CCN(C)CC1)O2. The molecule has 0 unspecified atom stereocenters. The number of aromatic nitrogens is 5. The van der Waals surface area contributed by atoms with E-state index in [-0.39, 0.29) is 37.4 Å². The van der Waals surface area contributed by atoms with E-state index in [2.05, 4.69) is 26.8 Å². The van der Waals surface area contributed by atoms with E-state index in [9.17, 15) is 9.18 Å². The predicted molar refractivity (Wildman–Crippen MR) is 288 cm³/mol. The maximum absolute atomic E-state index is 14.6. The highest BCUT2D eigenvalue weighted by Gasteiger charge is 2.34. The van der Waals surface area contributed by atoms with Crippen molar-refractivity contribution in [1.82, 2.24) is 34.7 Å². The molecule has 0 saturated carbocycles. The number of benzene rings is 3. The van der Waals surface area contributed by atoms with Gasteiger partial charge in [0, 0.05) is 79.2 Å². The molecule has 8 heterocycles. The Labute approximate surface area is 454 Å². The van der Waals surface area contributed by atoms with Gasteiger partial charge in [-0.1, -0.05) is 35.3 Å². The lowest BCUT2D eigenvalue weighted by Gasteiger charge is -2.35. The lowest BCUT2D eigenvalue weighted by atomic mass is 9.92. The molecule has 4 aliphatic heterocycles. The van der Waals surface area contributed by atoms with Crippen molar-refractivity contribution in [3.63, 3.8) is 0 Å². The first-order valence-corrected chi connectivity index (χ1v) is 26.7. The van der Waals surface area contributed by atoms with Gasteiger partial charge in [0.1, 0.15) is 66.1 Å². The van der Waals surface area contributed by atoms with Crippen LogP contribution in [0.5, 0.6) is 29.0 Å². The van der Waals surface area contributed by atoms with E-state index in [4.69, 9.17) is 76.0 Å². The van der Waals surface area contributed by atoms with Crippen LogP contribution < -0.4 is 23.7 Å². The zero-order valence-corrected chi connectivity index (χ0v) is 45.4. The van der Waals surface area contributed by atoms with E-state index in [0.717, 1.165) is 31.1 Å². The Hall–Kier alpha value is -6.25. The number of pyridine rings is 1. The van der Waals surface area contributed by atoms with Crippen LogP contribution in [0.25, 0.3) is 43.2 Å². The normalized spacial score (nSPS) is 18.6. The van der Waals surface area contributed by atoms with Gasteiger partial charge in [0.25, 0.3) is 0 Å². The zero-order valence-electron chi connectivity index (χ0n) is 43.1. The molecule has 0 N–H and O–H groups in total. The number of carbonyl (C=O) groups excluding carboxylic acids is 1. The second-order valence-electron chi connectivity index (χ2n) is 19.9. The van der Waals surface area contributed by atoms with Crippen molar-refractivity contribution in [3.05, 3.63) is 118 Å². The molecule has 0 radical (unpaired) electrons. The third-order valence-electron chi connectivity index (χ3n) is 13.1. The number of esters is 1. The number of thiophene rings is 1. The second-order valence-corrected chi connectivity index (χ2v) is 21.7. The van der Waals surface area contributed by atoms with Crippen molar-refractivity contribution in [3.8, 4) is 62.0 Å². The molecule has 398 valence electrons. The van der Waals surface area contributed by atoms with Gasteiger partial charge < -0.3 is 42.8 Å². The Morgan fingerprint density at radius 2 is 1.63 bits per heavy atom. The van der Waals surface area contributed by atoms with E-state index in [1.165, 1.54) is 29.8 Å². The number of halogens is 3. The van der Waals surface area contributed by atoms with Gasteiger partial charge in [-0.2, -0.15) is 0 Å². The maximum Gasteiger partial charge on any atom is 0.348 e. The number of piperazine rings is 1. The summed E-state index contributed by atoms with van der Waals surface area (Å²) >= 11 is 16.2. The minimum atomic E-state index is -1.29. The Kier molecular flexibility index (Phi) is 16.2. The molecule has 20 heteroatoms. The number of fused-ring (bicyclic) bond motifs is 7. The van der Waals surface area contributed by atoms with Crippen LogP contribution in [0.15, 0.2) is 79.4 Å². The number of rotatable bonds is 11. The third kappa shape index (κ3) is 12.3. The number of hydrogen-bond acceptors (Lipinski definition) is 17. The summed E-state index contributed by atoms with van der Waals surface area (Å²) in [6, 6.07) is 17.0. The maximum atomic E-state index is 14.6. The van der Waals surface area contributed by atoms with Crippen LogP contribution in [0.4, 0.5) is 4.39 Å². The summed E-state index contributed by atoms with van der Waals surface area (Å²) in [4.78, 5) is 43.8. The van der Waals surface area contributed by atoms with Crippen molar-refractivity contribution in [2.24, 2.45) is 0 Å². The molecule has 2 fully saturated rings. The fourth-order valence-electron chi connectivity index (χ4n) is 9.25. The molecular formula is C56H58Cl2FN7O9S. The minimum Gasteiger partial charge on any atom is -0.490 e. The van der Waals surface area contributed by atoms with Crippen LogP contribution in [0, 0.1) is 19.7 Å². The van der Waals surface area contributed by atoms with Gasteiger partial charge in [-0.3, -0.25) is 4.90 Å². The zero-order chi connectivity index (χ0) is 53.1. The van der Waals surface area contributed by atoms with E-state index in [1.54, 1.807) is 63.5 Å². The topological polar surface area (TPSA) is 162 Å². The minimum absolute atomic E-state index is 0.0358. The molecule has 4 bridgehead atoms. The molecular weight excluding hydrogens is 1040 g/mol. The van der Waals surface area contributed by atoms with Crippen molar-refractivity contribution in [2.45, 2.75) is 71.6 Å². The van der Waals surface area contributed by atoms with E-state index in [1.807, 2.05) is 32.0 Å². The molecule has 7 aromatic rings. The summed E-state index contributed by atoms with van der Waals surface area (Å²) in [6.07, 6.45) is 2.68. The molecule has 3 atom stereocenters. The smallest absolute Gasteiger partial charge is 0.348 e. The Bertz CT molecular complexity index is 3180. The largest absolute Gasteiger partial charge is 0.490 e. The van der Waals surface area contributed by atoms with Crippen molar-refractivity contribution < 1.29 is 47.1 Å². The summed E-state index contributed by atoms with van der Waals surface area (Å²) in [7, 11) is 2.11. The first-order chi connectivity index (χ1) is 36.6. The van der Waals surface area contributed by atoms with Gasteiger partial charge in [-0.25, -0.2) is 34.1 Å². The first kappa shape index (κ1) is 53.2. The van der Waals surface area contributed by atoms with Crippen LogP contribution in [-0.4, -0.2) is 137 Å². The van der Waals surface area contributed by atoms with Gasteiger partial charge in [0.05, 0.1) is 40.9 Å². The Morgan fingerprint density at radius 3 is 2.36 bits per heavy atom. The predicted octanol–water partition coefficient (Wildman–Crippen LogP) is 10.0. The van der Waals surface area contributed by atoms with Crippen LogP contribution in [0.1, 0.15) is 43.2 Å². The highest BCUT2D eigenvalue weighted by Crippen LogP contribution is 2.53. The van der Waals surface area contributed by atoms with Gasteiger partial charge >= 0.3 is 5.97 Å². The molecule has 16 nitrogen and oxygen atoms in total. The number of ether oxygens (including phenoxy) is 8. The average Bonchev–Trinajstić information content (AvgIpc) is 3.84. The number of hydrogen-bond donors (Lipinski definition) is 0. The van der Waals surface area contributed by atoms with Gasteiger partial charge in [-0.05, 0) is 106 Å². The number of carbonyl (C=O) groups is 1. The molecule has 3 aromatic carbocycles. The third-order valence-corrected chi connectivity index (χ3v) is 15.2. The number of nitrogens with zero attached hydrogens (tertiary/aromatic N) is 7. The summed E-state index contributed by atoms with van der Waals surface area (Å²) in [6.45, 7) is 15.2. The quantitative estimate of drug-likeness (QED) is 0.112. The average molecular weight is 1100 g/mol. The standard InChI is InChI=1S/C56H58Cl2FN7O9S/c1-32-45-33(2)49(58)50(48(32)57)73-40(26-66-19-17-65(6)18-20-66)29-70-39-12-13-42(71-27-38-15-16-60-52(64-38)35-9-14-44(61-25-35)72-30-41-28-68-21-22-69-41)36(23-39)24-43(55(67)75-56(3,4)5)74-53-47-46(45)51(76-54(47)63-31-62-53)34-7-10-37(59)11-8-34/h7-16,23,25,31,40-41,43H,17-22,24,26-30H2,1-6H3/t40-,41-,43-/m1/s1. The molecule has 4 aromatic heterocycles. The van der Waals surface area contributed by atoms with Crippen molar-refractivity contribution in [2.75, 3.05) is 72.8 Å². The van der Waals surface area contributed by atoms with E-state index < -0.39 is 23.8 Å². The lowest BCUT2D eigenvalue weighted by Crippen LogP contribution is -2.49. The molecule has 76 heavy (non-hydrogen) atoms. The molecule has 11 rings (SSSR count). The van der Waals surface area contributed by atoms with E-state index >= 15 is 0 Å². The summed E-state index contributed by atoms with van der Waals surface area (Å²) in [5, 5.41) is 1.12. The van der Waals surface area contributed by atoms with Crippen LogP contribution in [-0.2, 0) is 32.0 Å². The molecule has 4 aliphatic rings. The molecule has 2 saturated heterocycles. The summed E-state index contributed by atoms with van der Waals surface area (Å²) in [5.74, 6) is 1.20. The number of likely N-dealkylation sites (N-methyl/N-ethyl adjacent to an activating group) is 1. The van der Waals surface area contributed by atoms with Gasteiger partial charge in [0.15, 0.2) is 11.6 Å². The fourth-order valence-corrected chi connectivity index (χ4v) is 10.9.